The standard InChI is InChI=1S/C32H31N3O7/c1-5-42-31(38)32(23-14-8-6-9-15-23,24-16-10-7-11-17-24)34-29(36)26-20(2)33-21(3)27(30(37)41-4)28(26)22-13-12-18-25(19-22)35(39)40/h6-19,28,33H,5H2,1-4H3,(H,34,36). The Hall–Kier alpha value is -5.25. The SMILES string of the molecule is CCOC(=O)C(NC(=O)C1=C(C)NC(C)=C(C(=O)OC)C1c1cccc([N+](=O)[O-])c1)(c1ccccc1)c1ccccc1. The molecule has 3 aromatic rings. The molecule has 0 saturated heterocycles. The van der Waals surface area contributed by atoms with Gasteiger partial charge in [-0.05, 0) is 37.5 Å². The van der Waals surface area contributed by atoms with E-state index in [9.17, 15) is 24.5 Å². The van der Waals surface area contributed by atoms with Crippen LogP contribution in [0.1, 0.15) is 43.4 Å². The van der Waals surface area contributed by atoms with Gasteiger partial charge in [-0.3, -0.25) is 14.9 Å². The van der Waals surface area contributed by atoms with Crippen molar-refractivity contribution in [3.63, 3.8) is 0 Å². The molecule has 1 heterocycles. The zero-order valence-electron chi connectivity index (χ0n) is 23.7. The fourth-order valence-electron chi connectivity index (χ4n) is 5.28. The first-order valence-electron chi connectivity index (χ1n) is 13.3. The maximum Gasteiger partial charge on any atom is 0.341 e. The van der Waals surface area contributed by atoms with E-state index in [1.165, 1.54) is 25.3 Å². The van der Waals surface area contributed by atoms with Gasteiger partial charge in [-0.1, -0.05) is 72.8 Å². The summed E-state index contributed by atoms with van der Waals surface area (Å²) in [7, 11) is 1.22. The maximum atomic E-state index is 14.5. The van der Waals surface area contributed by atoms with E-state index >= 15 is 0 Å². The first kappa shape index (κ1) is 29.7. The van der Waals surface area contributed by atoms with Gasteiger partial charge in [0, 0.05) is 29.1 Å². The molecule has 0 aromatic heterocycles. The second-order valence-electron chi connectivity index (χ2n) is 9.64. The molecule has 0 bridgehead atoms. The minimum atomic E-state index is -1.77. The van der Waals surface area contributed by atoms with Crippen molar-refractivity contribution in [1.29, 1.82) is 0 Å². The first-order valence-corrected chi connectivity index (χ1v) is 13.3. The fourth-order valence-corrected chi connectivity index (χ4v) is 5.28. The summed E-state index contributed by atoms with van der Waals surface area (Å²) in [5.41, 5.74) is 0.280. The van der Waals surface area contributed by atoms with Crippen LogP contribution in [-0.4, -0.2) is 36.5 Å². The van der Waals surface area contributed by atoms with E-state index in [2.05, 4.69) is 10.6 Å². The number of non-ortho nitro benzene ring substituents is 1. The third kappa shape index (κ3) is 5.51. The number of methoxy groups -OCH3 is 1. The van der Waals surface area contributed by atoms with Crippen LogP contribution in [0.3, 0.4) is 0 Å². The molecular weight excluding hydrogens is 538 g/mol. The van der Waals surface area contributed by atoms with Crippen molar-refractivity contribution in [3.8, 4) is 0 Å². The number of nitrogens with one attached hydrogen (secondary N) is 2. The van der Waals surface area contributed by atoms with Crippen LogP contribution in [0.5, 0.6) is 0 Å². The van der Waals surface area contributed by atoms with Crippen molar-refractivity contribution in [1.82, 2.24) is 10.6 Å². The molecule has 3 aromatic carbocycles. The van der Waals surface area contributed by atoms with Crippen LogP contribution in [0.4, 0.5) is 5.69 Å². The predicted molar refractivity (Wildman–Crippen MR) is 155 cm³/mol. The summed E-state index contributed by atoms with van der Waals surface area (Å²) < 4.78 is 10.6. The van der Waals surface area contributed by atoms with Crippen LogP contribution in [0.25, 0.3) is 0 Å². The van der Waals surface area contributed by atoms with Crippen molar-refractivity contribution >= 4 is 23.5 Å². The van der Waals surface area contributed by atoms with E-state index < -0.39 is 34.2 Å². The highest BCUT2D eigenvalue weighted by molar-refractivity contribution is 6.05. The minimum Gasteiger partial charge on any atom is -0.466 e. The predicted octanol–water partition coefficient (Wildman–Crippen LogP) is 4.63. The number of carbonyl (C=O) groups excluding carboxylic acids is 3. The number of dihydropyridines is 1. The van der Waals surface area contributed by atoms with Crippen LogP contribution in [-0.2, 0) is 29.4 Å². The zero-order chi connectivity index (χ0) is 30.4. The van der Waals surface area contributed by atoms with Crippen molar-refractivity contribution < 1.29 is 28.8 Å². The Morgan fingerprint density at radius 3 is 2.00 bits per heavy atom. The monoisotopic (exact) mass is 569 g/mol. The lowest BCUT2D eigenvalue weighted by atomic mass is 9.78. The normalized spacial score (nSPS) is 15.0. The van der Waals surface area contributed by atoms with Crippen LogP contribution < -0.4 is 10.6 Å². The smallest absolute Gasteiger partial charge is 0.341 e. The molecule has 0 radical (unpaired) electrons. The van der Waals surface area contributed by atoms with E-state index in [0.29, 0.717) is 28.1 Å². The number of hydrogen-bond acceptors (Lipinski definition) is 8. The van der Waals surface area contributed by atoms with E-state index in [4.69, 9.17) is 9.47 Å². The fraction of sp³-hybridized carbons (Fsp3) is 0.219. The first-order chi connectivity index (χ1) is 20.1. The molecule has 1 amide bonds. The number of carbonyl (C=O) groups is 3. The number of ether oxygens (including phenoxy) is 2. The van der Waals surface area contributed by atoms with Crippen molar-refractivity contribution in [2.75, 3.05) is 13.7 Å². The topological polar surface area (TPSA) is 137 Å². The Balaban J connectivity index is 1.95. The lowest BCUT2D eigenvalue weighted by molar-refractivity contribution is -0.384. The summed E-state index contributed by atoms with van der Waals surface area (Å²) in [6.45, 7) is 5.05. The molecule has 1 unspecified atom stereocenters. The van der Waals surface area contributed by atoms with E-state index in [-0.39, 0.29) is 23.4 Å². The molecule has 1 aliphatic rings. The summed E-state index contributed by atoms with van der Waals surface area (Å²) in [5.74, 6) is -3.15. The average molecular weight is 570 g/mol. The highest BCUT2D eigenvalue weighted by Crippen LogP contribution is 2.41. The van der Waals surface area contributed by atoms with Gasteiger partial charge in [0.2, 0.25) is 0 Å². The molecule has 0 fully saturated rings. The Kier molecular flexibility index (Phi) is 8.85. The van der Waals surface area contributed by atoms with Crippen molar-refractivity contribution in [3.05, 3.63) is 134 Å². The van der Waals surface area contributed by atoms with Crippen LogP contribution in [0.15, 0.2) is 107 Å². The number of amides is 1. The third-order valence-electron chi connectivity index (χ3n) is 7.12. The lowest BCUT2D eigenvalue weighted by Gasteiger charge is -2.36. The molecule has 10 nitrogen and oxygen atoms in total. The zero-order valence-corrected chi connectivity index (χ0v) is 23.7. The van der Waals surface area contributed by atoms with Crippen molar-refractivity contribution in [2.24, 2.45) is 0 Å². The third-order valence-corrected chi connectivity index (χ3v) is 7.12. The number of nitrogens with zero attached hydrogens (tertiary/aromatic N) is 1. The summed E-state index contributed by atoms with van der Waals surface area (Å²) in [4.78, 5) is 52.6. The Labute approximate surface area is 243 Å². The average Bonchev–Trinajstić information content (AvgIpc) is 3.00. The van der Waals surface area contributed by atoms with Gasteiger partial charge in [0.05, 0.1) is 30.1 Å². The van der Waals surface area contributed by atoms with Crippen molar-refractivity contribution in [2.45, 2.75) is 32.2 Å². The van der Waals surface area contributed by atoms with Gasteiger partial charge in [-0.25, -0.2) is 9.59 Å². The molecule has 0 aliphatic carbocycles. The second kappa shape index (κ2) is 12.5. The lowest BCUT2D eigenvalue weighted by Crippen LogP contribution is -2.54. The van der Waals surface area contributed by atoms with Gasteiger partial charge in [0.15, 0.2) is 5.54 Å². The number of benzene rings is 3. The van der Waals surface area contributed by atoms with E-state index in [1.54, 1.807) is 87.5 Å². The number of nitro groups is 1. The maximum absolute atomic E-state index is 14.5. The number of allylic oxidation sites excluding steroid dienone is 2. The van der Waals surface area contributed by atoms with Gasteiger partial charge < -0.3 is 20.1 Å². The van der Waals surface area contributed by atoms with Crippen LogP contribution in [0.2, 0.25) is 0 Å². The molecule has 10 heteroatoms. The quantitative estimate of drug-likeness (QED) is 0.216. The number of nitro benzene ring substituents is 1. The van der Waals surface area contributed by atoms with Gasteiger partial charge in [-0.2, -0.15) is 0 Å². The van der Waals surface area contributed by atoms with E-state index in [0.717, 1.165) is 0 Å². The largest absolute Gasteiger partial charge is 0.466 e. The Morgan fingerprint density at radius 1 is 0.905 bits per heavy atom. The molecule has 4 rings (SSSR count). The summed E-state index contributed by atoms with van der Waals surface area (Å²) in [5, 5.41) is 17.7. The van der Waals surface area contributed by atoms with Gasteiger partial charge in [-0.15, -0.1) is 0 Å². The van der Waals surface area contributed by atoms with Gasteiger partial charge in [0.1, 0.15) is 0 Å². The number of esters is 2. The van der Waals surface area contributed by atoms with Crippen LogP contribution in [0, 0.1) is 10.1 Å². The number of hydrogen-bond donors (Lipinski definition) is 2. The molecule has 0 saturated carbocycles. The molecule has 1 atom stereocenters. The van der Waals surface area contributed by atoms with Crippen LogP contribution >= 0.6 is 0 Å². The molecule has 2 N–H and O–H groups in total. The molecule has 1 aliphatic heterocycles. The Morgan fingerprint density at radius 2 is 1.48 bits per heavy atom. The Bertz CT molecular complexity index is 1540. The molecule has 42 heavy (non-hydrogen) atoms. The van der Waals surface area contributed by atoms with Gasteiger partial charge in [0.25, 0.3) is 11.6 Å². The summed E-state index contributed by atoms with van der Waals surface area (Å²) in [6, 6.07) is 23.2. The van der Waals surface area contributed by atoms with Gasteiger partial charge >= 0.3 is 11.9 Å². The molecular formula is C32H31N3O7. The second-order valence-corrected chi connectivity index (χ2v) is 9.64. The number of rotatable bonds is 9. The molecule has 216 valence electrons. The minimum absolute atomic E-state index is 0.0597. The highest BCUT2D eigenvalue weighted by Gasteiger charge is 2.47. The highest BCUT2D eigenvalue weighted by atomic mass is 16.6. The van der Waals surface area contributed by atoms with E-state index in [1.807, 2.05) is 0 Å². The summed E-state index contributed by atoms with van der Waals surface area (Å²) >= 11 is 0. The summed E-state index contributed by atoms with van der Waals surface area (Å²) in [6.07, 6.45) is 0. The molecule has 0 spiro atoms.